The number of nitrogens with one attached hydrogen (secondary N) is 2. The van der Waals surface area contributed by atoms with Crippen molar-refractivity contribution in [3.63, 3.8) is 0 Å². The molecule has 3 rings (SSSR count). The first-order chi connectivity index (χ1) is 11.1. The number of anilines is 1. The predicted molar refractivity (Wildman–Crippen MR) is 81.7 cm³/mol. The second-order valence-electron chi connectivity index (χ2n) is 6.32. The van der Waals surface area contributed by atoms with Crippen LogP contribution in [-0.2, 0) is 14.3 Å². The third kappa shape index (κ3) is 3.82. The van der Waals surface area contributed by atoms with Gasteiger partial charge >= 0.3 is 6.09 Å². The molecule has 1 aromatic heterocycles. The summed E-state index contributed by atoms with van der Waals surface area (Å²) < 4.78 is 10.1. The molecule has 0 bridgehead atoms. The lowest BCUT2D eigenvalue weighted by molar-refractivity contribution is -0.117. The number of primary amides is 1. The first-order valence-corrected chi connectivity index (χ1v) is 7.88. The van der Waals surface area contributed by atoms with Gasteiger partial charge in [-0.2, -0.15) is 5.10 Å². The van der Waals surface area contributed by atoms with Crippen LogP contribution in [0, 0.1) is 11.8 Å². The van der Waals surface area contributed by atoms with E-state index < -0.39 is 6.09 Å². The maximum absolute atomic E-state index is 12.1. The van der Waals surface area contributed by atoms with Crippen molar-refractivity contribution in [1.82, 2.24) is 10.2 Å². The van der Waals surface area contributed by atoms with Gasteiger partial charge in [-0.25, -0.2) is 4.79 Å². The highest BCUT2D eigenvalue weighted by Crippen LogP contribution is 2.40. The van der Waals surface area contributed by atoms with Gasteiger partial charge in [0.25, 0.3) is 0 Å². The highest BCUT2D eigenvalue weighted by molar-refractivity contribution is 5.93. The Morgan fingerprint density at radius 1 is 1.43 bits per heavy atom. The number of hydrogen-bond donors (Lipinski definition) is 3. The van der Waals surface area contributed by atoms with E-state index in [1.165, 1.54) is 0 Å². The van der Waals surface area contributed by atoms with Crippen LogP contribution in [0.2, 0.25) is 0 Å². The Balaban J connectivity index is 1.51. The van der Waals surface area contributed by atoms with Gasteiger partial charge in [-0.3, -0.25) is 9.89 Å². The molecule has 8 nitrogen and oxygen atoms in total. The van der Waals surface area contributed by atoms with Crippen molar-refractivity contribution in [2.45, 2.75) is 37.7 Å². The minimum atomic E-state index is -0.733. The number of aromatic amines is 1. The van der Waals surface area contributed by atoms with E-state index in [2.05, 4.69) is 15.5 Å². The van der Waals surface area contributed by atoms with Gasteiger partial charge < -0.3 is 20.5 Å². The molecule has 8 heteroatoms. The molecule has 4 atom stereocenters. The van der Waals surface area contributed by atoms with E-state index in [9.17, 15) is 9.59 Å². The lowest BCUT2D eigenvalue weighted by Gasteiger charge is -2.09. The van der Waals surface area contributed by atoms with Gasteiger partial charge in [-0.05, 0) is 31.6 Å². The summed E-state index contributed by atoms with van der Waals surface area (Å²) in [6.45, 7) is 0.618. The van der Waals surface area contributed by atoms with Crippen molar-refractivity contribution in [1.29, 1.82) is 0 Å². The fraction of sp³-hybridized carbons (Fsp3) is 0.667. The minimum Gasteiger partial charge on any atom is -0.446 e. The predicted octanol–water partition coefficient (Wildman–Crippen LogP) is 1.36. The zero-order chi connectivity index (χ0) is 16.4. The van der Waals surface area contributed by atoms with E-state index in [1.807, 2.05) is 6.07 Å². The average Bonchev–Trinajstić information content (AvgIpc) is 2.90. The molecule has 2 saturated carbocycles. The highest BCUT2D eigenvalue weighted by Gasteiger charge is 2.43. The molecular weight excluding hydrogens is 300 g/mol. The molecule has 23 heavy (non-hydrogen) atoms. The van der Waals surface area contributed by atoms with Gasteiger partial charge in [0.1, 0.15) is 6.10 Å². The summed E-state index contributed by atoms with van der Waals surface area (Å²) in [5.74, 6) is 1.10. The second-order valence-corrected chi connectivity index (χ2v) is 6.32. The highest BCUT2D eigenvalue weighted by atomic mass is 16.6. The third-order valence-corrected chi connectivity index (χ3v) is 4.60. The Kier molecular flexibility index (Phi) is 4.51. The zero-order valence-electron chi connectivity index (χ0n) is 13.1. The number of rotatable bonds is 6. The lowest BCUT2D eigenvalue weighted by atomic mass is 10.0. The first kappa shape index (κ1) is 15.8. The molecule has 1 aromatic rings. The molecule has 0 saturated heterocycles. The quantitative estimate of drug-likeness (QED) is 0.730. The number of carbonyl (C=O) groups excluding carboxylic acids is 2. The Hall–Kier alpha value is -2.09. The maximum atomic E-state index is 12.1. The van der Waals surface area contributed by atoms with E-state index in [4.69, 9.17) is 15.2 Å². The Morgan fingerprint density at radius 3 is 3.00 bits per heavy atom. The van der Waals surface area contributed by atoms with Crippen molar-refractivity contribution in [3.8, 4) is 0 Å². The summed E-state index contributed by atoms with van der Waals surface area (Å²) in [6, 6.07) is 1.85. The van der Waals surface area contributed by atoms with E-state index in [-0.39, 0.29) is 23.8 Å². The van der Waals surface area contributed by atoms with Crippen LogP contribution in [-0.4, -0.2) is 42.0 Å². The summed E-state index contributed by atoms with van der Waals surface area (Å²) in [5.41, 5.74) is 5.99. The molecule has 2 aliphatic carbocycles. The average molecular weight is 322 g/mol. The standard InChI is InChI=1S/C15H22N4O4/c1-22-7-9-5-11(9)14(20)17-13-6-12(18-19-13)8-2-3-10(4-8)23-15(16)21/h6,8-11H,2-5,7H2,1H3,(H2,16,21)(H2,17,18,19,20)/t8-,9+,10+,11-/m0/s1. The Labute approximate surface area is 134 Å². The van der Waals surface area contributed by atoms with E-state index in [1.54, 1.807) is 7.11 Å². The summed E-state index contributed by atoms with van der Waals surface area (Å²) in [4.78, 5) is 22.9. The molecule has 2 aliphatic rings. The summed E-state index contributed by atoms with van der Waals surface area (Å²) in [7, 11) is 1.64. The normalized spacial score (nSPS) is 29.3. The SMILES string of the molecule is COC[C@H]1C[C@@H]1C(=O)Nc1cc([C@H]2CC[C@@H](OC(N)=O)C2)[nH]n1. The van der Waals surface area contributed by atoms with Crippen LogP contribution < -0.4 is 11.1 Å². The minimum absolute atomic E-state index is 0.00791. The molecule has 0 spiro atoms. The van der Waals surface area contributed by atoms with E-state index in [0.29, 0.717) is 18.3 Å². The molecular formula is C15H22N4O4. The van der Waals surface area contributed by atoms with Crippen molar-refractivity contribution in [2.24, 2.45) is 17.6 Å². The van der Waals surface area contributed by atoms with Gasteiger partial charge in [0.2, 0.25) is 5.91 Å². The van der Waals surface area contributed by atoms with Crippen LogP contribution in [0.5, 0.6) is 0 Å². The zero-order valence-corrected chi connectivity index (χ0v) is 13.1. The Bertz CT molecular complexity index is 588. The Morgan fingerprint density at radius 2 is 2.26 bits per heavy atom. The molecule has 0 aromatic carbocycles. The first-order valence-electron chi connectivity index (χ1n) is 7.88. The fourth-order valence-corrected chi connectivity index (χ4v) is 3.29. The number of ether oxygens (including phenoxy) is 2. The van der Waals surface area contributed by atoms with Crippen molar-refractivity contribution in [2.75, 3.05) is 19.0 Å². The van der Waals surface area contributed by atoms with E-state index >= 15 is 0 Å². The number of hydrogen-bond acceptors (Lipinski definition) is 5. The van der Waals surface area contributed by atoms with Crippen LogP contribution in [0.25, 0.3) is 0 Å². The summed E-state index contributed by atoms with van der Waals surface area (Å²) >= 11 is 0. The van der Waals surface area contributed by atoms with Crippen LogP contribution in [0.1, 0.15) is 37.3 Å². The molecule has 4 N–H and O–H groups in total. The van der Waals surface area contributed by atoms with Gasteiger partial charge in [0.05, 0.1) is 0 Å². The van der Waals surface area contributed by atoms with Gasteiger partial charge in [0.15, 0.2) is 5.82 Å². The molecule has 1 heterocycles. The molecule has 126 valence electrons. The van der Waals surface area contributed by atoms with Crippen LogP contribution in [0.3, 0.4) is 0 Å². The van der Waals surface area contributed by atoms with Crippen molar-refractivity contribution >= 4 is 17.8 Å². The van der Waals surface area contributed by atoms with Crippen molar-refractivity contribution in [3.05, 3.63) is 11.8 Å². The topological polar surface area (TPSA) is 119 Å². The molecule has 0 unspecified atom stereocenters. The summed E-state index contributed by atoms with van der Waals surface area (Å²) in [5, 5.41) is 9.95. The fourth-order valence-electron chi connectivity index (χ4n) is 3.29. The van der Waals surface area contributed by atoms with Crippen LogP contribution in [0.15, 0.2) is 6.07 Å². The number of carbonyl (C=O) groups is 2. The molecule has 2 amide bonds. The summed E-state index contributed by atoms with van der Waals surface area (Å²) in [6.07, 6.45) is 2.40. The van der Waals surface area contributed by atoms with E-state index in [0.717, 1.165) is 31.4 Å². The van der Waals surface area contributed by atoms with Gasteiger partial charge in [0, 0.05) is 37.3 Å². The smallest absolute Gasteiger partial charge is 0.404 e. The monoisotopic (exact) mass is 322 g/mol. The third-order valence-electron chi connectivity index (χ3n) is 4.60. The number of nitrogens with zero attached hydrogens (tertiary/aromatic N) is 1. The molecule has 0 radical (unpaired) electrons. The number of H-pyrrole nitrogens is 1. The van der Waals surface area contributed by atoms with Crippen LogP contribution >= 0.6 is 0 Å². The van der Waals surface area contributed by atoms with Gasteiger partial charge in [-0.15, -0.1) is 0 Å². The van der Waals surface area contributed by atoms with Crippen molar-refractivity contribution < 1.29 is 19.1 Å². The maximum Gasteiger partial charge on any atom is 0.404 e. The largest absolute Gasteiger partial charge is 0.446 e. The molecule has 2 fully saturated rings. The lowest BCUT2D eigenvalue weighted by Crippen LogP contribution is -2.20. The van der Waals surface area contributed by atoms with Crippen LogP contribution in [0.4, 0.5) is 10.6 Å². The second kappa shape index (κ2) is 6.57. The number of methoxy groups -OCH3 is 1. The number of aromatic nitrogens is 2. The number of amides is 2. The molecule has 0 aliphatic heterocycles. The number of nitrogens with two attached hydrogens (primary N) is 1. The van der Waals surface area contributed by atoms with Gasteiger partial charge in [-0.1, -0.05) is 0 Å².